The monoisotopic (exact) mass is 277 g/mol. The Balaban J connectivity index is 2.39. The summed E-state index contributed by atoms with van der Waals surface area (Å²) in [5.74, 6) is -0.639. The van der Waals surface area contributed by atoms with E-state index < -0.39 is 11.5 Å². The lowest BCUT2D eigenvalue weighted by Crippen LogP contribution is -2.21. The molecular formula is C13H9ClFN3O. The standard InChI is InChI=1S/C13H9ClFN3O/c1-8-4-9(2-3-10(8)14)18-12-6-16-7-17(12)11(15)5-13(18)19/h2-7H,1H3. The predicted molar refractivity (Wildman–Crippen MR) is 70.5 cm³/mol. The van der Waals surface area contributed by atoms with Crippen molar-refractivity contribution in [3.05, 3.63) is 63.7 Å². The van der Waals surface area contributed by atoms with Crippen molar-refractivity contribution in [3.63, 3.8) is 0 Å². The fourth-order valence-electron chi connectivity index (χ4n) is 1.99. The van der Waals surface area contributed by atoms with Crippen molar-refractivity contribution in [1.82, 2.24) is 14.0 Å². The molecule has 1 aromatic carbocycles. The van der Waals surface area contributed by atoms with Crippen molar-refractivity contribution in [2.75, 3.05) is 0 Å². The summed E-state index contributed by atoms with van der Waals surface area (Å²) < 4.78 is 16.2. The molecule has 0 radical (unpaired) electrons. The van der Waals surface area contributed by atoms with E-state index in [-0.39, 0.29) is 0 Å². The van der Waals surface area contributed by atoms with E-state index in [2.05, 4.69) is 4.98 Å². The van der Waals surface area contributed by atoms with Crippen LogP contribution >= 0.6 is 11.6 Å². The van der Waals surface area contributed by atoms with E-state index in [0.717, 1.165) is 11.6 Å². The first-order valence-electron chi connectivity index (χ1n) is 5.58. The van der Waals surface area contributed by atoms with E-state index in [1.54, 1.807) is 18.2 Å². The summed E-state index contributed by atoms with van der Waals surface area (Å²) in [5, 5.41) is 0.614. The molecule has 3 rings (SSSR count). The molecule has 0 saturated heterocycles. The summed E-state index contributed by atoms with van der Waals surface area (Å²) in [5.41, 5.74) is 1.38. The average Bonchev–Trinajstić information content (AvgIpc) is 2.83. The van der Waals surface area contributed by atoms with Gasteiger partial charge in [0.2, 0.25) is 5.95 Å². The molecule has 0 aliphatic carbocycles. The zero-order valence-corrected chi connectivity index (χ0v) is 10.7. The number of hydrogen-bond donors (Lipinski definition) is 0. The first-order valence-corrected chi connectivity index (χ1v) is 5.96. The normalized spacial score (nSPS) is 11.1. The van der Waals surface area contributed by atoms with Crippen LogP contribution in [0.15, 0.2) is 41.6 Å². The van der Waals surface area contributed by atoms with E-state index in [0.29, 0.717) is 16.4 Å². The zero-order chi connectivity index (χ0) is 13.6. The van der Waals surface area contributed by atoms with Crippen LogP contribution in [0, 0.1) is 12.9 Å². The van der Waals surface area contributed by atoms with E-state index in [9.17, 15) is 9.18 Å². The number of aryl methyl sites for hydroxylation is 1. The number of aromatic nitrogens is 3. The molecule has 4 nitrogen and oxygen atoms in total. The van der Waals surface area contributed by atoms with Gasteiger partial charge in [0.05, 0.1) is 18.0 Å². The van der Waals surface area contributed by atoms with E-state index in [4.69, 9.17) is 11.6 Å². The maximum atomic E-state index is 13.6. The van der Waals surface area contributed by atoms with Gasteiger partial charge in [-0.2, -0.15) is 4.39 Å². The largest absolute Gasteiger partial charge is 0.269 e. The summed E-state index contributed by atoms with van der Waals surface area (Å²) in [6.45, 7) is 1.84. The number of fused-ring (bicyclic) bond motifs is 1. The van der Waals surface area contributed by atoms with Gasteiger partial charge in [0.1, 0.15) is 12.0 Å². The second kappa shape index (κ2) is 4.20. The smallest absolute Gasteiger partial charge is 0.261 e. The lowest BCUT2D eigenvalue weighted by molar-refractivity contribution is 0.558. The SMILES string of the molecule is Cc1cc(-n2c(=O)cc(F)n3cncc23)ccc1Cl. The summed E-state index contributed by atoms with van der Waals surface area (Å²) >= 11 is 5.97. The Labute approximate surface area is 112 Å². The Morgan fingerprint density at radius 3 is 2.84 bits per heavy atom. The van der Waals surface area contributed by atoms with Crippen molar-refractivity contribution in [2.45, 2.75) is 6.92 Å². The van der Waals surface area contributed by atoms with Crippen molar-refractivity contribution >= 4 is 17.2 Å². The van der Waals surface area contributed by atoms with Gasteiger partial charge < -0.3 is 0 Å². The Morgan fingerprint density at radius 1 is 1.32 bits per heavy atom. The molecule has 0 aliphatic rings. The third-order valence-corrected chi connectivity index (χ3v) is 3.36. The summed E-state index contributed by atoms with van der Waals surface area (Å²) in [6.07, 6.45) is 2.76. The van der Waals surface area contributed by atoms with Crippen molar-refractivity contribution in [1.29, 1.82) is 0 Å². The number of nitrogens with zero attached hydrogens (tertiary/aromatic N) is 3. The zero-order valence-electron chi connectivity index (χ0n) is 9.97. The van der Waals surface area contributed by atoms with Crippen LogP contribution in [-0.2, 0) is 0 Å². The van der Waals surface area contributed by atoms with Gasteiger partial charge >= 0.3 is 0 Å². The van der Waals surface area contributed by atoms with Gasteiger partial charge in [-0.1, -0.05) is 11.6 Å². The summed E-state index contributed by atoms with van der Waals surface area (Å²) in [4.78, 5) is 15.9. The average molecular weight is 278 g/mol. The molecule has 0 N–H and O–H groups in total. The van der Waals surface area contributed by atoms with Crippen LogP contribution in [0.25, 0.3) is 11.3 Å². The van der Waals surface area contributed by atoms with Gasteiger partial charge in [0.25, 0.3) is 5.56 Å². The van der Waals surface area contributed by atoms with Crippen molar-refractivity contribution in [3.8, 4) is 5.69 Å². The summed E-state index contributed by atoms with van der Waals surface area (Å²) in [7, 11) is 0. The number of benzene rings is 1. The number of halogens is 2. The summed E-state index contributed by atoms with van der Waals surface area (Å²) in [6, 6.07) is 6.11. The molecule has 96 valence electrons. The molecule has 3 aromatic rings. The first kappa shape index (κ1) is 11.9. The highest BCUT2D eigenvalue weighted by Gasteiger charge is 2.11. The van der Waals surface area contributed by atoms with Crippen LogP contribution in [0.3, 0.4) is 0 Å². The Hall–Kier alpha value is -2.14. The van der Waals surface area contributed by atoms with Crippen LogP contribution < -0.4 is 5.56 Å². The quantitative estimate of drug-likeness (QED) is 0.641. The van der Waals surface area contributed by atoms with Crippen molar-refractivity contribution in [2.24, 2.45) is 0 Å². The minimum absolute atomic E-state index is 0.367. The van der Waals surface area contributed by atoms with Crippen molar-refractivity contribution < 1.29 is 4.39 Å². The van der Waals surface area contributed by atoms with E-state index in [1.807, 2.05) is 6.92 Å². The highest BCUT2D eigenvalue weighted by atomic mass is 35.5. The highest BCUT2D eigenvalue weighted by molar-refractivity contribution is 6.31. The molecule has 6 heteroatoms. The van der Waals surface area contributed by atoms with E-state index >= 15 is 0 Å². The second-order valence-corrected chi connectivity index (χ2v) is 4.60. The molecule has 0 unspecified atom stereocenters. The van der Waals surface area contributed by atoms with Gasteiger partial charge in [-0.25, -0.2) is 4.98 Å². The van der Waals surface area contributed by atoms with Crippen LogP contribution in [0.1, 0.15) is 5.56 Å². The number of hydrogen-bond acceptors (Lipinski definition) is 2. The second-order valence-electron chi connectivity index (χ2n) is 4.20. The van der Waals surface area contributed by atoms with Crippen LogP contribution in [0.2, 0.25) is 5.02 Å². The lowest BCUT2D eigenvalue weighted by atomic mass is 10.2. The lowest BCUT2D eigenvalue weighted by Gasteiger charge is -2.10. The topological polar surface area (TPSA) is 39.3 Å². The van der Waals surface area contributed by atoms with Gasteiger partial charge in [-0.05, 0) is 30.7 Å². The van der Waals surface area contributed by atoms with Gasteiger partial charge in [0, 0.05) is 5.02 Å². The van der Waals surface area contributed by atoms with Crippen LogP contribution in [0.5, 0.6) is 0 Å². The number of imidazole rings is 1. The first-order chi connectivity index (χ1) is 9.08. The Bertz CT molecular complexity index is 838. The maximum absolute atomic E-state index is 13.6. The molecule has 0 aliphatic heterocycles. The third kappa shape index (κ3) is 1.82. The molecule has 0 saturated carbocycles. The fourth-order valence-corrected chi connectivity index (χ4v) is 2.11. The van der Waals surface area contributed by atoms with Crippen LogP contribution in [-0.4, -0.2) is 14.0 Å². The Morgan fingerprint density at radius 2 is 2.11 bits per heavy atom. The highest BCUT2D eigenvalue weighted by Crippen LogP contribution is 2.19. The van der Waals surface area contributed by atoms with Gasteiger partial charge in [-0.3, -0.25) is 13.8 Å². The van der Waals surface area contributed by atoms with Gasteiger partial charge in [-0.15, -0.1) is 0 Å². The molecule has 19 heavy (non-hydrogen) atoms. The van der Waals surface area contributed by atoms with Crippen LogP contribution in [0.4, 0.5) is 4.39 Å². The molecule has 0 amide bonds. The molecule has 0 bridgehead atoms. The molecule has 0 fully saturated rings. The predicted octanol–water partition coefficient (Wildman–Crippen LogP) is 2.59. The molecular weight excluding hydrogens is 269 g/mol. The maximum Gasteiger partial charge on any atom is 0.261 e. The number of rotatable bonds is 1. The molecule has 2 heterocycles. The third-order valence-electron chi connectivity index (χ3n) is 2.94. The molecule has 2 aromatic heterocycles. The van der Waals surface area contributed by atoms with Gasteiger partial charge in [0.15, 0.2) is 0 Å². The fraction of sp³-hybridized carbons (Fsp3) is 0.0769. The minimum atomic E-state index is -0.639. The minimum Gasteiger partial charge on any atom is -0.269 e. The Kier molecular flexibility index (Phi) is 2.64. The van der Waals surface area contributed by atoms with E-state index in [1.165, 1.54) is 21.5 Å². The molecule has 0 atom stereocenters. The molecule has 0 spiro atoms.